The van der Waals surface area contributed by atoms with Gasteiger partial charge in [-0.15, -0.1) is 0 Å². The summed E-state index contributed by atoms with van der Waals surface area (Å²) in [4.78, 5) is 0. The van der Waals surface area contributed by atoms with Crippen molar-refractivity contribution >= 4 is 15.9 Å². The summed E-state index contributed by atoms with van der Waals surface area (Å²) in [5.41, 5.74) is 2.06. The predicted octanol–water partition coefficient (Wildman–Crippen LogP) is 3.44. The Morgan fingerprint density at radius 2 is 1.89 bits per heavy atom. The smallest absolute Gasteiger partial charge is 0.132 e. The van der Waals surface area contributed by atoms with Gasteiger partial charge in [0.25, 0.3) is 0 Å². The largest absolute Gasteiger partial charge is 0.379 e. The molecule has 0 aliphatic rings. The monoisotopic (exact) mass is 336 g/mol. The van der Waals surface area contributed by atoms with Gasteiger partial charge >= 0.3 is 0 Å². The first-order valence-corrected chi connectivity index (χ1v) is 6.75. The van der Waals surface area contributed by atoms with E-state index < -0.39 is 17.7 Å². The molecule has 0 aromatic heterocycles. The summed E-state index contributed by atoms with van der Waals surface area (Å²) in [6.45, 7) is 3.82. The normalized spacial score (nSPS) is 13.6. The van der Waals surface area contributed by atoms with Crippen LogP contribution in [0.25, 0.3) is 0 Å². The van der Waals surface area contributed by atoms with Crippen LogP contribution in [-0.4, -0.2) is 12.7 Å². The minimum Gasteiger partial charge on any atom is -0.379 e. The number of nitrogens with two attached hydrogens (primary N) is 1. The fourth-order valence-electron chi connectivity index (χ4n) is 1.79. The molecule has 0 radical (unpaired) electrons. The van der Waals surface area contributed by atoms with Crippen LogP contribution < -0.4 is 11.3 Å². The Bertz CT molecular complexity index is 418. The number of hydrazine groups is 1. The van der Waals surface area contributed by atoms with Crippen molar-refractivity contribution in [1.82, 2.24) is 5.43 Å². The van der Waals surface area contributed by atoms with Gasteiger partial charge in [0.05, 0.1) is 11.6 Å². The predicted molar refractivity (Wildman–Crippen MR) is 74.4 cm³/mol. The molecule has 0 aliphatic heterocycles. The highest BCUT2D eigenvalue weighted by Crippen LogP contribution is 2.29. The Hall–Kier alpha value is -0.560. The number of benzene rings is 1. The lowest BCUT2D eigenvalue weighted by Gasteiger charge is -2.26. The standard InChI is InChI=1S/C13H19BrF2N2O/c1-13(2,19-3)5-4-11(18-17)12-9(15)6-8(14)7-10(12)16/h6-7,11,18H,4-5,17H2,1-3H3. The van der Waals surface area contributed by atoms with Crippen LogP contribution in [-0.2, 0) is 4.74 Å². The Morgan fingerprint density at radius 1 is 1.37 bits per heavy atom. The maximum absolute atomic E-state index is 13.9. The Labute approximate surface area is 120 Å². The lowest BCUT2D eigenvalue weighted by atomic mass is 9.94. The molecule has 1 rings (SSSR count). The highest BCUT2D eigenvalue weighted by atomic mass is 79.9. The Balaban J connectivity index is 2.92. The number of halogens is 3. The lowest BCUT2D eigenvalue weighted by molar-refractivity contribution is 0.0115. The molecule has 0 spiro atoms. The van der Waals surface area contributed by atoms with Gasteiger partial charge in [-0.1, -0.05) is 15.9 Å². The molecule has 0 fully saturated rings. The highest BCUT2D eigenvalue weighted by Gasteiger charge is 2.24. The Morgan fingerprint density at radius 3 is 2.32 bits per heavy atom. The van der Waals surface area contributed by atoms with Crippen molar-refractivity contribution in [3.8, 4) is 0 Å². The first-order valence-electron chi connectivity index (χ1n) is 5.96. The molecule has 3 nitrogen and oxygen atoms in total. The molecule has 0 saturated carbocycles. The van der Waals surface area contributed by atoms with Gasteiger partial charge in [0.2, 0.25) is 0 Å². The second-order valence-corrected chi connectivity index (χ2v) is 5.92. The first kappa shape index (κ1) is 16.5. The highest BCUT2D eigenvalue weighted by molar-refractivity contribution is 9.10. The summed E-state index contributed by atoms with van der Waals surface area (Å²) in [5, 5.41) is 0. The topological polar surface area (TPSA) is 47.3 Å². The molecule has 0 amide bonds. The molecule has 1 aromatic carbocycles. The van der Waals surface area contributed by atoms with E-state index in [-0.39, 0.29) is 11.2 Å². The van der Waals surface area contributed by atoms with Gasteiger partial charge in [-0.05, 0) is 38.8 Å². The fourth-order valence-corrected chi connectivity index (χ4v) is 2.19. The molecule has 108 valence electrons. The summed E-state index contributed by atoms with van der Waals surface area (Å²) in [6, 6.07) is 1.86. The van der Waals surface area contributed by atoms with Crippen LogP contribution in [0.1, 0.15) is 38.3 Å². The fraction of sp³-hybridized carbons (Fsp3) is 0.538. The van der Waals surface area contributed by atoms with E-state index in [1.165, 1.54) is 12.1 Å². The zero-order chi connectivity index (χ0) is 14.6. The molecule has 0 bridgehead atoms. The molecule has 1 unspecified atom stereocenters. The summed E-state index contributed by atoms with van der Waals surface area (Å²) in [6.07, 6.45) is 1.08. The second-order valence-electron chi connectivity index (χ2n) is 5.00. The molecular formula is C13H19BrF2N2O. The molecule has 0 heterocycles. The SMILES string of the molecule is COC(C)(C)CCC(NN)c1c(F)cc(Br)cc1F. The Kier molecular flexibility index (Phi) is 5.85. The van der Waals surface area contributed by atoms with E-state index in [9.17, 15) is 8.78 Å². The minimum absolute atomic E-state index is 0.0439. The number of nitrogens with one attached hydrogen (secondary N) is 1. The van der Waals surface area contributed by atoms with Crippen LogP contribution >= 0.6 is 15.9 Å². The molecule has 0 aliphatic carbocycles. The van der Waals surface area contributed by atoms with Crippen molar-refractivity contribution < 1.29 is 13.5 Å². The zero-order valence-electron chi connectivity index (χ0n) is 11.3. The van der Waals surface area contributed by atoms with Crippen LogP contribution in [0.3, 0.4) is 0 Å². The van der Waals surface area contributed by atoms with Crippen molar-refractivity contribution in [3.63, 3.8) is 0 Å². The second kappa shape index (κ2) is 6.74. The lowest BCUT2D eigenvalue weighted by Crippen LogP contribution is -2.32. The van der Waals surface area contributed by atoms with Gasteiger partial charge in [-0.2, -0.15) is 0 Å². The van der Waals surface area contributed by atoms with Gasteiger partial charge in [-0.3, -0.25) is 11.3 Å². The molecular weight excluding hydrogens is 318 g/mol. The van der Waals surface area contributed by atoms with Crippen LogP contribution in [0.15, 0.2) is 16.6 Å². The third kappa shape index (κ3) is 4.49. The quantitative estimate of drug-likeness (QED) is 0.618. The number of hydrogen-bond donors (Lipinski definition) is 2. The zero-order valence-corrected chi connectivity index (χ0v) is 12.9. The van der Waals surface area contributed by atoms with E-state index in [1.807, 2.05) is 13.8 Å². The minimum atomic E-state index is -0.620. The first-order chi connectivity index (χ1) is 8.80. The van der Waals surface area contributed by atoms with E-state index in [4.69, 9.17) is 10.6 Å². The molecule has 1 aromatic rings. The third-order valence-electron chi connectivity index (χ3n) is 3.18. The summed E-state index contributed by atoms with van der Waals surface area (Å²) in [7, 11) is 1.60. The van der Waals surface area contributed by atoms with Gasteiger partial charge in [0.1, 0.15) is 11.6 Å². The average molecular weight is 337 g/mol. The van der Waals surface area contributed by atoms with Crippen molar-refractivity contribution in [2.45, 2.75) is 38.3 Å². The summed E-state index contributed by atoms with van der Waals surface area (Å²) in [5.74, 6) is 4.17. The van der Waals surface area contributed by atoms with E-state index in [1.54, 1.807) is 7.11 Å². The van der Waals surface area contributed by atoms with E-state index in [0.29, 0.717) is 17.3 Å². The maximum atomic E-state index is 13.9. The van der Waals surface area contributed by atoms with Gasteiger partial charge in [0.15, 0.2) is 0 Å². The summed E-state index contributed by atoms with van der Waals surface area (Å²) >= 11 is 3.05. The van der Waals surface area contributed by atoms with Crippen molar-refractivity contribution in [3.05, 3.63) is 33.8 Å². The number of rotatable bonds is 6. The van der Waals surface area contributed by atoms with Gasteiger partial charge < -0.3 is 4.74 Å². The van der Waals surface area contributed by atoms with E-state index in [0.717, 1.165) is 0 Å². The number of methoxy groups -OCH3 is 1. The molecule has 0 saturated heterocycles. The molecule has 19 heavy (non-hydrogen) atoms. The van der Waals surface area contributed by atoms with Crippen LogP contribution in [0.4, 0.5) is 8.78 Å². The maximum Gasteiger partial charge on any atom is 0.132 e. The summed E-state index contributed by atoms with van der Waals surface area (Å²) < 4.78 is 33.4. The van der Waals surface area contributed by atoms with Crippen molar-refractivity contribution in [2.24, 2.45) is 5.84 Å². The average Bonchev–Trinajstić information content (AvgIpc) is 2.32. The van der Waals surface area contributed by atoms with Gasteiger partial charge in [0, 0.05) is 17.1 Å². The van der Waals surface area contributed by atoms with E-state index in [2.05, 4.69) is 21.4 Å². The third-order valence-corrected chi connectivity index (χ3v) is 3.64. The number of ether oxygens (including phenoxy) is 1. The van der Waals surface area contributed by atoms with Crippen molar-refractivity contribution in [2.75, 3.05) is 7.11 Å². The molecule has 6 heteroatoms. The van der Waals surface area contributed by atoms with Crippen molar-refractivity contribution in [1.29, 1.82) is 0 Å². The van der Waals surface area contributed by atoms with Crippen LogP contribution in [0.5, 0.6) is 0 Å². The number of hydrogen-bond acceptors (Lipinski definition) is 3. The van der Waals surface area contributed by atoms with Crippen LogP contribution in [0.2, 0.25) is 0 Å². The van der Waals surface area contributed by atoms with Crippen LogP contribution in [0, 0.1) is 11.6 Å². The molecule has 1 atom stereocenters. The van der Waals surface area contributed by atoms with Gasteiger partial charge in [-0.25, -0.2) is 8.78 Å². The van der Waals surface area contributed by atoms with E-state index >= 15 is 0 Å². The molecule has 3 N–H and O–H groups in total.